The van der Waals surface area contributed by atoms with Gasteiger partial charge < -0.3 is 4.90 Å². The maximum absolute atomic E-state index is 13.0. The molecule has 3 amide bonds. The fourth-order valence-corrected chi connectivity index (χ4v) is 3.08. The van der Waals surface area contributed by atoms with E-state index < -0.39 is 23.5 Å². The van der Waals surface area contributed by atoms with Crippen molar-refractivity contribution in [2.24, 2.45) is 5.92 Å². The van der Waals surface area contributed by atoms with E-state index in [4.69, 9.17) is 0 Å². The monoisotopic (exact) mass is 419 g/mol. The van der Waals surface area contributed by atoms with E-state index in [1.807, 2.05) is 0 Å². The second-order valence-electron chi connectivity index (χ2n) is 5.84. The number of anilines is 1. The lowest BCUT2D eigenvalue weighted by Gasteiger charge is -2.16. The van der Waals surface area contributed by atoms with E-state index >= 15 is 0 Å². The molecule has 0 bridgehead atoms. The molecular formula is C18H15BrFN3O3. The molecule has 1 heterocycles. The highest BCUT2D eigenvalue weighted by atomic mass is 79.9. The zero-order valence-corrected chi connectivity index (χ0v) is 15.1. The molecule has 3 rings (SSSR count). The quantitative estimate of drug-likeness (QED) is 0.749. The lowest BCUT2D eigenvalue weighted by Crippen LogP contribution is -2.45. The van der Waals surface area contributed by atoms with E-state index in [0.29, 0.717) is 11.3 Å². The Morgan fingerprint density at radius 3 is 2.54 bits per heavy atom. The van der Waals surface area contributed by atoms with Crippen LogP contribution in [0.2, 0.25) is 0 Å². The first-order chi connectivity index (χ1) is 12.4. The summed E-state index contributed by atoms with van der Waals surface area (Å²) in [5.74, 6) is -2.14. The van der Waals surface area contributed by atoms with Gasteiger partial charge in [0.25, 0.3) is 5.91 Å². The fourth-order valence-electron chi connectivity index (χ4n) is 2.68. The van der Waals surface area contributed by atoms with Crippen LogP contribution < -0.4 is 15.8 Å². The molecule has 134 valence electrons. The Hall–Kier alpha value is -2.74. The first-order valence-electron chi connectivity index (χ1n) is 7.86. The van der Waals surface area contributed by atoms with Crippen molar-refractivity contribution in [2.45, 2.75) is 6.42 Å². The number of hydrazine groups is 1. The van der Waals surface area contributed by atoms with Gasteiger partial charge in [0.2, 0.25) is 11.8 Å². The van der Waals surface area contributed by atoms with Gasteiger partial charge in [0.05, 0.1) is 5.92 Å². The van der Waals surface area contributed by atoms with Gasteiger partial charge in [-0.25, -0.2) is 4.39 Å². The third kappa shape index (κ3) is 4.08. The molecule has 0 aromatic heterocycles. The van der Waals surface area contributed by atoms with E-state index in [9.17, 15) is 18.8 Å². The van der Waals surface area contributed by atoms with Crippen molar-refractivity contribution in [3.05, 3.63) is 64.4 Å². The normalized spacial score (nSPS) is 16.5. The highest BCUT2D eigenvalue weighted by molar-refractivity contribution is 9.10. The third-order valence-electron chi connectivity index (χ3n) is 4.02. The maximum Gasteiger partial charge on any atom is 0.269 e. The summed E-state index contributed by atoms with van der Waals surface area (Å²) in [6, 6.07) is 12.2. The molecule has 1 fully saturated rings. The number of hydrogen-bond acceptors (Lipinski definition) is 3. The summed E-state index contributed by atoms with van der Waals surface area (Å²) >= 11 is 3.27. The Kier molecular flexibility index (Phi) is 5.32. The van der Waals surface area contributed by atoms with Crippen LogP contribution >= 0.6 is 15.9 Å². The van der Waals surface area contributed by atoms with Crippen LogP contribution in [-0.2, 0) is 9.59 Å². The van der Waals surface area contributed by atoms with E-state index in [-0.39, 0.29) is 18.9 Å². The van der Waals surface area contributed by atoms with Crippen molar-refractivity contribution in [1.29, 1.82) is 0 Å². The fraction of sp³-hybridized carbons (Fsp3) is 0.167. The third-order valence-corrected chi connectivity index (χ3v) is 4.51. The molecule has 1 aliphatic heterocycles. The lowest BCUT2D eigenvalue weighted by molar-refractivity contribution is -0.126. The molecule has 2 N–H and O–H groups in total. The largest absolute Gasteiger partial charge is 0.312 e. The first-order valence-corrected chi connectivity index (χ1v) is 8.65. The van der Waals surface area contributed by atoms with Crippen LogP contribution in [0, 0.1) is 11.7 Å². The number of carbonyl (C=O) groups is 3. The molecule has 2 aromatic carbocycles. The zero-order valence-electron chi connectivity index (χ0n) is 13.5. The summed E-state index contributed by atoms with van der Waals surface area (Å²) in [7, 11) is 0. The van der Waals surface area contributed by atoms with E-state index in [1.54, 1.807) is 24.3 Å². The molecule has 2 aromatic rings. The minimum absolute atomic E-state index is 0.0238. The van der Waals surface area contributed by atoms with Crippen molar-refractivity contribution in [2.75, 3.05) is 11.4 Å². The van der Waals surface area contributed by atoms with Gasteiger partial charge in [-0.15, -0.1) is 0 Å². The Balaban J connectivity index is 1.58. The van der Waals surface area contributed by atoms with Crippen molar-refractivity contribution >= 4 is 39.3 Å². The Labute approximate surface area is 157 Å². The summed E-state index contributed by atoms with van der Waals surface area (Å²) in [6.07, 6.45) is 0.0238. The molecule has 0 saturated carbocycles. The molecule has 6 nitrogen and oxygen atoms in total. The molecule has 26 heavy (non-hydrogen) atoms. The number of carbonyl (C=O) groups excluding carboxylic acids is 3. The molecule has 0 radical (unpaired) electrons. The molecule has 0 unspecified atom stereocenters. The molecular weight excluding hydrogens is 405 g/mol. The zero-order chi connectivity index (χ0) is 18.7. The number of amides is 3. The molecule has 1 aliphatic rings. The van der Waals surface area contributed by atoms with Crippen LogP contribution in [0.25, 0.3) is 0 Å². The highest BCUT2D eigenvalue weighted by Gasteiger charge is 2.35. The van der Waals surface area contributed by atoms with Crippen LogP contribution in [0.15, 0.2) is 53.0 Å². The van der Waals surface area contributed by atoms with E-state index in [1.165, 1.54) is 29.2 Å². The van der Waals surface area contributed by atoms with Crippen LogP contribution in [0.5, 0.6) is 0 Å². The maximum atomic E-state index is 13.0. The summed E-state index contributed by atoms with van der Waals surface area (Å²) < 4.78 is 13.7. The van der Waals surface area contributed by atoms with Crippen molar-refractivity contribution in [1.82, 2.24) is 10.9 Å². The molecule has 1 atom stereocenters. The number of rotatable bonds is 3. The topological polar surface area (TPSA) is 78.5 Å². The predicted octanol–water partition coefficient (Wildman–Crippen LogP) is 2.40. The number of benzene rings is 2. The summed E-state index contributed by atoms with van der Waals surface area (Å²) in [5.41, 5.74) is 5.61. The van der Waals surface area contributed by atoms with E-state index in [0.717, 1.165) is 4.47 Å². The lowest BCUT2D eigenvalue weighted by atomic mass is 10.1. The Morgan fingerprint density at radius 2 is 1.85 bits per heavy atom. The number of nitrogens with zero attached hydrogens (tertiary/aromatic N) is 1. The Morgan fingerprint density at radius 1 is 1.12 bits per heavy atom. The SMILES string of the molecule is O=C(NNC(=O)[C@H]1CC(=O)N(c2ccc(F)cc2)C1)c1cccc(Br)c1. The summed E-state index contributed by atoms with van der Waals surface area (Å²) in [5, 5.41) is 0. The van der Waals surface area contributed by atoms with Gasteiger partial charge in [-0.1, -0.05) is 22.0 Å². The smallest absolute Gasteiger partial charge is 0.269 e. The standard InChI is InChI=1S/C18H15BrFN3O3/c19-13-3-1-2-11(8-13)17(25)21-22-18(26)12-9-16(24)23(10-12)15-6-4-14(20)5-7-15/h1-8,12H,9-10H2,(H,21,25)(H,22,26)/t12-/m0/s1. The van der Waals surface area contributed by atoms with Crippen molar-refractivity contribution < 1.29 is 18.8 Å². The second kappa shape index (κ2) is 7.65. The van der Waals surface area contributed by atoms with Gasteiger partial charge in [0.1, 0.15) is 5.82 Å². The van der Waals surface area contributed by atoms with E-state index in [2.05, 4.69) is 26.8 Å². The van der Waals surface area contributed by atoms with Gasteiger partial charge >= 0.3 is 0 Å². The van der Waals surface area contributed by atoms with Crippen molar-refractivity contribution in [3.8, 4) is 0 Å². The van der Waals surface area contributed by atoms with Gasteiger partial charge in [-0.05, 0) is 42.5 Å². The number of nitrogens with one attached hydrogen (secondary N) is 2. The van der Waals surface area contributed by atoms with Crippen molar-refractivity contribution in [3.63, 3.8) is 0 Å². The summed E-state index contributed by atoms with van der Waals surface area (Å²) in [4.78, 5) is 37.9. The average Bonchev–Trinajstić information content (AvgIpc) is 3.02. The molecule has 1 saturated heterocycles. The molecule has 0 spiro atoms. The first kappa shape index (κ1) is 18.1. The van der Waals surface area contributed by atoms with Gasteiger partial charge in [-0.2, -0.15) is 0 Å². The average molecular weight is 420 g/mol. The van der Waals surface area contributed by atoms with Crippen LogP contribution in [0.4, 0.5) is 10.1 Å². The molecule has 0 aliphatic carbocycles. The second-order valence-corrected chi connectivity index (χ2v) is 6.75. The van der Waals surface area contributed by atoms with Gasteiger partial charge in [0.15, 0.2) is 0 Å². The highest BCUT2D eigenvalue weighted by Crippen LogP contribution is 2.25. The minimum Gasteiger partial charge on any atom is -0.312 e. The number of halogens is 2. The van der Waals surface area contributed by atoms with Crippen LogP contribution in [-0.4, -0.2) is 24.3 Å². The van der Waals surface area contributed by atoms with Crippen LogP contribution in [0.3, 0.4) is 0 Å². The predicted molar refractivity (Wildman–Crippen MR) is 96.6 cm³/mol. The minimum atomic E-state index is -0.602. The molecule has 8 heteroatoms. The van der Waals surface area contributed by atoms with Gasteiger partial charge in [-0.3, -0.25) is 25.2 Å². The van der Waals surface area contributed by atoms with Crippen LogP contribution in [0.1, 0.15) is 16.8 Å². The number of hydrogen-bond donors (Lipinski definition) is 2. The van der Waals surface area contributed by atoms with Gasteiger partial charge in [0, 0.05) is 28.7 Å². The Bertz CT molecular complexity index is 857. The summed E-state index contributed by atoms with van der Waals surface area (Å²) in [6.45, 7) is 0.170.